The number of rotatable bonds is 6. The molecule has 0 bridgehead atoms. The lowest BCUT2D eigenvalue weighted by molar-refractivity contribution is -0.385. The van der Waals surface area contributed by atoms with Crippen molar-refractivity contribution in [3.8, 4) is 0 Å². The molecule has 0 saturated carbocycles. The number of aryl methyl sites for hydroxylation is 1. The minimum atomic E-state index is -3.49. The first-order valence-electron chi connectivity index (χ1n) is 9.41. The fraction of sp³-hybridized carbons (Fsp3) is 0.350. The van der Waals surface area contributed by atoms with Crippen molar-refractivity contribution < 1.29 is 18.1 Å². The fourth-order valence-corrected chi connectivity index (χ4v) is 4.78. The Morgan fingerprint density at radius 1 is 1.10 bits per heavy atom. The van der Waals surface area contributed by atoms with Gasteiger partial charge in [0.15, 0.2) is 0 Å². The number of nitro benzene ring substituents is 1. The van der Waals surface area contributed by atoms with Crippen LogP contribution in [0.25, 0.3) is 0 Å². The Labute approximate surface area is 169 Å². The largest absolute Gasteiger partial charge is 0.348 e. The second kappa shape index (κ2) is 8.71. The molecule has 0 aliphatic carbocycles. The first-order chi connectivity index (χ1) is 13.8. The summed E-state index contributed by atoms with van der Waals surface area (Å²) in [6.45, 7) is 2.88. The third-order valence-electron chi connectivity index (χ3n) is 5.00. The molecule has 1 saturated heterocycles. The standard InChI is InChI=1S/C20H23N3O5S/c1-15-5-8-17(13-19(15)23(25)26)20(24)21-14-16-6-9-18(10-7-16)29(27,28)22-11-3-2-4-12-22/h5-10,13H,2-4,11-12,14H2,1H3,(H,21,24). The predicted octanol–water partition coefficient (Wildman–Crippen LogP) is 3.01. The quantitative estimate of drug-likeness (QED) is 0.574. The topological polar surface area (TPSA) is 110 Å². The molecule has 0 atom stereocenters. The number of amides is 1. The number of nitrogens with zero attached hydrogens (tertiary/aromatic N) is 2. The molecule has 0 radical (unpaired) electrons. The van der Waals surface area contributed by atoms with Crippen LogP contribution in [-0.2, 0) is 16.6 Å². The van der Waals surface area contributed by atoms with Gasteiger partial charge in [-0.25, -0.2) is 8.42 Å². The number of nitrogens with one attached hydrogen (secondary N) is 1. The van der Waals surface area contributed by atoms with E-state index in [4.69, 9.17) is 0 Å². The zero-order chi connectivity index (χ0) is 21.0. The number of hydrogen-bond acceptors (Lipinski definition) is 5. The van der Waals surface area contributed by atoms with Crippen LogP contribution in [0.4, 0.5) is 5.69 Å². The predicted molar refractivity (Wildman–Crippen MR) is 108 cm³/mol. The summed E-state index contributed by atoms with van der Waals surface area (Å²) in [7, 11) is -3.49. The molecule has 1 aliphatic rings. The molecule has 9 heteroatoms. The Balaban J connectivity index is 1.65. The second-order valence-electron chi connectivity index (χ2n) is 7.05. The maximum Gasteiger partial charge on any atom is 0.273 e. The summed E-state index contributed by atoms with van der Waals surface area (Å²) >= 11 is 0. The summed E-state index contributed by atoms with van der Waals surface area (Å²) in [4.78, 5) is 23.0. The SMILES string of the molecule is Cc1ccc(C(=O)NCc2ccc(S(=O)(=O)N3CCCCC3)cc2)cc1[N+](=O)[O-]. The number of nitro groups is 1. The summed E-state index contributed by atoms with van der Waals surface area (Å²) in [5.41, 5.74) is 1.31. The second-order valence-corrected chi connectivity index (χ2v) is 8.99. The number of benzene rings is 2. The maximum atomic E-state index is 12.7. The van der Waals surface area contributed by atoms with Crippen molar-refractivity contribution >= 4 is 21.6 Å². The van der Waals surface area contributed by atoms with Crippen molar-refractivity contribution in [3.05, 3.63) is 69.3 Å². The van der Waals surface area contributed by atoms with Crippen LogP contribution in [0.1, 0.15) is 40.7 Å². The van der Waals surface area contributed by atoms with E-state index in [0.29, 0.717) is 18.7 Å². The van der Waals surface area contributed by atoms with E-state index in [9.17, 15) is 23.3 Å². The molecule has 3 rings (SSSR count). The molecular formula is C20H23N3O5S. The first kappa shape index (κ1) is 20.9. The van der Waals surface area contributed by atoms with E-state index in [-0.39, 0.29) is 22.7 Å². The van der Waals surface area contributed by atoms with Crippen LogP contribution in [0.15, 0.2) is 47.4 Å². The molecule has 154 valence electrons. The van der Waals surface area contributed by atoms with Crippen molar-refractivity contribution in [2.24, 2.45) is 0 Å². The summed E-state index contributed by atoms with van der Waals surface area (Å²) in [6.07, 6.45) is 2.80. The van der Waals surface area contributed by atoms with E-state index >= 15 is 0 Å². The number of sulfonamides is 1. The van der Waals surface area contributed by atoms with E-state index in [1.807, 2.05) is 0 Å². The molecule has 1 N–H and O–H groups in total. The number of hydrogen-bond donors (Lipinski definition) is 1. The lowest BCUT2D eigenvalue weighted by Crippen LogP contribution is -2.35. The Hall–Kier alpha value is -2.78. The monoisotopic (exact) mass is 417 g/mol. The first-order valence-corrected chi connectivity index (χ1v) is 10.9. The molecule has 1 heterocycles. The van der Waals surface area contributed by atoms with Gasteiger partial charge in [0.25, 0.3) is 11.6 Å². The highest BCUT2D eigenvalue weighted by Crippen LogP contribution is 2.21. The van der Waals surface area contributed by atoms with Crippen molar-refractivity contribution in [2.75, 3.05) is 13.1 Å². The van der Waals surface area contributed by atoms with Crippen molar-refractivity contribution in [2.45, 2.75) is 37.6 Å². The van der Waals surface area contributed by atoms with Gasteiger partial charge in [-0.2, -0.15) is 4.31 Å². The molecule has 0 spiro atoms. The van der Waals surface area contributed by atoms with Gasteiger partial charge in [0, 0.05) is 36.8 Å². The molecule has 0 unspecified atom stereocenters. The summed E-state index contributed by atoms with van der Waals surface area (Å²) in [5, 5.41) is 13.7. The van der Waals surface area contributed by atoms with Crippen LogP contribution in [0, 0.1) is 17.0 Å². The molecule has 0 aromatic heterocycles. The third kappa shape index (κ3) is 4.80. The zero-order valence-electron chi connectivity index (χ0n) is 16.1. The average Bonchev–Trinajstić information content (AvgIpc) is 2.73. The van der Waals surface area contributed by atoms with Crippen LogP contribution in [0.5, 0.6) is 0 Å². The Morgan fingerprint density at radius 2 is 1.76 bits per heavy atom. The molecule has 1 amide bonds. The average molecular weight is 417 g/mol. The summed E-state index contributed by atoms with van der Waals surface area (Å²) < 4.78 is 26.8. The highest BCUT2D eigenvalue weighted by molar-refractivity contribution is 7.89. The van der Waals surface area contributed by atoms with E-state index in [1.54, 1.807) is 31.2 Å². The van der Waals surface area contributed by atoms with E-state index in [1.165, 1.54) is 22.5 Å². The molecule has 8 nitrogen and oxygen atoms in total. The van der Waals surface area contributed by atoms with Crippen molar-refractivity contribution in [3.63, 3.8) is 0 Å². The molecule has 2 aromatic rings. The van der Waals surface area contributed by atoms with Crippen LogP contribution >= 0.6 is 0 Å². The smallest absolute Gasteiger partial charge is 0.273 e. The van der Waals surface area contributed by atoms with E-state index in [2.05, 4.69) is 5.32 Å². The lowest BCUT2D eigenvalue weighted by Gasteiger charge is -2.25. The van der Waals surface area contributed by atoms with Gasteiger partial charge in [-0.1, -0.05) is 24.6 Å². The van der Waals surface area contributed by atoms with Crippen molar-refractivity contribution in [1.29, 1.82) is 0 Å². The van der Waals surface area contributed by atoms with Gasteiger partial charge in [0.05, 0.1) is 9.82 Å². The minimum absolute atomic E-state index is 0.107. The molecule has 29 heavy (non-hydrogen) atoms. The third-order valence-corrected chi connectivity index (χ3v) is 6.91. The number of piperidine rings is 1. The fourth-order valence-electron chi connectivity index (χ4n) is 3.27. The normalized spacial score (nSPS) is 15.1. The Bertz CT molecular complexity index is 1010. The van der Waals surface area contributed by atoms with Gasteiger partial charge in [-0.3, -0.25) is 14.9 Å². The van der Waals surface area contributed by atoms with Gasteiger partial charge in [-0.05, 0) is 43.5 Å². The summed E-state index contributed by atoms with van der Waals surface area (Å²) in [5.74, 6) is -0.432. The van der Waals surface area contributed by atoms with Gasteiger partial charge in [-0.15, -0.1) is 0 Å². The minimum Gasteiger partial charge on any atom is -0.348 e. The molecule has 2 aromatic carbocycles. The van der Waals surface area contributed by atoms with Gasteiger partial charge in [0.1, 0.15) is 0 Å². The van der Waals surface area contributed by atoms with Crippen molar-refractivity contribution in [1.82, 2.24) is 9.62 Å². The van der Waals surface area contributed by atoms with Gasteiger partial charge >= 0.3 is 0 Å². The van der Waals surface area contributed by atoms with Crippen LogP contribution in [-0.4, -0.2) is 36.6 Å². The lowest BCUT2D eigenvalue weighted by atomic mass is 10.1. The Kier molecular flexibility index (Phi) is 6.29. The Morgan fingerprint density at radius 3 is 2.38 bits per heavy atom. The number of carbonyl (C=O) groups excluding carboxylic acids is 1. The summed E-state index contributed by atoms with van der Waals surface area (Å²) in [6, 6.07) is 10.7. The molecular weight excluding hydrogens is 394 g/mol. The van der Waals surface area contributed by atoms with Crippen LogP contribution in [0.3, 0.4) is 0 Å². The zero-order valence-corrected chi connectivity index (χ0v) is 16.9. The van der Waals surface area contributed by atoms with E-state index in [0.717, 1.165) is 24.8 Å². The van der Waals surface area contributed by atoms with Crippen LogP contribution < -0.4 is 5.32 Å². The molecule has 1 fully saturated rings. The highest BCUT2D eigenvalue weighted by atomic mass is 32.2. The van der Waals surface area contributed by atoms with E-state index < -0.39 is 20.9 Å². The van der Waals surface area contributed by atoms with Crippen LogP contribution in [0.2, 0.25) is 0 Å². The highest BCUT2D eigenvalue weighted by Gasteiger charge is 2.25. The number of carbonyl (C=O) groups is 1. The molecule has 1 aliphatic heterocycles. The van der Waals surface area contributed by atoms with Gasteiger partial charge in [0.2, 0.25) is 10.0 Å². The maximum absolute atomic E-state index is 12.7. The van der Waals surface area contributed by atoms with Gasteiger partial charge < -0.3 is 5.32 Å².